The fourth-order valence-corrected chi connectivity index (χ4v) is 1.63. The molecule has 0 aromatic heterocycles. The number of methoxy groups -OCH3 is 1. The monoisotopic (exact) mass is 265 g/mol. The number of carbonyl (C=O) groups excluding carboxylic acids is 1. The van der Waals surface area contributed by atoms with Crippen LogP contribution in [0.15, 0.2) is 24.3 Å². The molecule has 0 saturated carbocycles. The van der Waals surface area contributed by atoms with Crippen LogP contribution in [0, 0.1) is 0 Å². The Morgan fingerprint density at radius 1 is 1.26 bits per heavy atom. The average molecular weight is 265 g/mol. The van der Waals surface area contributed by atoms with Crippen molar-refractivity contribution in [3.63, 3.8) is 0 Å². The van der Waals surface area contributed by atoms with Crippen molar-refractivity contribution in [2.75, 3.05) is 20.3 Å². The van der Waals surface area contributed by atoms with Gasteiger partial charge >= 0.3 is 0 Å². The minimum Gasteiger partial charge on any atom is -0.490 e. The van der Waals surface area contributed by atoms with E-state index in [-0.39, 0.29) is 11.3 Å². The van der Waals surface area contributed by atoms with Crippen LogP contribution in [0.25, 0.3) is 0 Å². The maximum Gasteiger partial charge on any atom is 0.166 e. The maximum absolute atomic E-state index is 12.2. The highest BCUT2D eigenvalue weighted by atomic mass is 16.5. The largest absolute Gasteiger partial charge is 0.490 e. The van der Waals surface area contributed by atoms with E-state index in [4.69, 9.17) is 15.2 Å². The first-order chi connectivity index (χ1) is 8.94. The first kappa shape index (κ1) is 15.7. The molecule has 2 N–H and O–H groups in total. The quantitative estimate of drug-likeness (QED) is 0.579. The topological polar surface area (TPSA) is 61.5 Å². The van der Waals surface area contributed by atoms with Gasteiger partial charge in [-0.3, -0.25) is 4.79 Å². The minimum atomic E-state index is -0.332. The highest BCUT2D eigenvalue weighted by Crippen LogP contribution is 2.21. The molecule has 0 unspecified atom stereocenters. The zero-order valence-corrected chi connectivity index (χ0v) is 11.9. The normalized spacial score (nSPS) is 11.4. The van der Waals surface area contributed by atoms with Crippen molar-refractivity contribution in [3.8, 4) is 5.75 Å². The number of Topliss-reactive ketones (excluding diaryl/α,β-unsaturated/α-hetero) is 1. The van der Waals surface area contributed by atoms with Crippen LogP contribution >= 0.6 is 0 Å². The number of hydrogen-bond acceptors (Lipinski definition) is 4. The lowest BCUT2D eigenvalue weighted by atomic mass is 9.96. The Bertz CT molecular complexity index is 410. The van der Waals surface area contributed by atoms with E-state index >= 15 is 0 Å². The van der Waals surface area contributed by atoms with Crippen molar-refractivity contribution in [3.05, 3.63) is 29.8 Å². The van der Waals surface area contributed by atoms with Crippen LogP contribution in [0.1, 0.15) is 37.0 Å². The molecule has 0 spiro atoms. The summed E-state index contributed by atoms with van der Waals surface area (Å²) in [7, 11) is 1.61. The van der Waals surface area contributed by atoms with Crippen LogP contribution in [-0.4, -0.2) is 31.6 Å². The van der Waals surface area contributed by atoms with Gasteiger partial charge < -0.3 is 15.2 Å². The lowest BCUT2D eigenvalue weighted by molar-refractivity contribution is 0.0964. The second kappa shape index (κ2) is 7.26. The van der Waals surface area contributed by atoms with Gasteiger partial charge in [-0.05, 0) is 32.4 Å². The molecule has 4 nitrogen and oxygen atoms in total. The fraction of sp³-hybridized carbons (Fsp3) is 0.533. The van der Waals surface area contributed by atoms with Gasteiger partial charge in [-0.25, -0.2) is 0 Å². The third-order valence-corrected chi connectivity index (χ3v) is 2.73. The molecule has 106 valence electrons. The van der Waals surface area contributed by atoms with Crippen LogP contribution in [0.5, 0.6) is 5.75 Å². The number of carbonyl (C=O) groups is 1. The summed E-state index contributed by atoms with van der Waals surface area (Å²) in [5, 5.41) is 0. The molecule has 0 bridgehead atoms. The van der Waals surface area contributed by atoms with Gasteiger partial charge in [0, 0.05) is 19.1 Å². The van der Waals surface area contributed by atoms with Crippen LogP contribution in [0.3, 0.4) is 0 Å². The SMILES string of the molecule is COCCOc1ccccc1C(=O)CCC(C)(C)N. The van der Waals surface area contributed by atoms with E-state index in [2.05, 4.69) is 0 Å². The van der Waals surface area contributed by atoms with Crippen molar-refractivity contribution < 1.29 is 14.3 Å². The van der Waals surface area contributed by atoms with Gasteiger partial charge in [0.15, 0.2) is 5.78 Å². The molecule has 4 heteroatoms. The molecular weight excluding hydrogens is 242 g/mol. The van der Waals surface area contributed by atoms with Gasteiger partial charge in [0.2, 0.25) is 0 Å². The Balaban J connectivity index is 2.68. The maximum atomic E-state index is 12.2. The van der Waals surface area contributed by atoms with Crippen molar-refractivity contribution >= 4 is 5.78 Å². The standard InChI is InChI=1S/C15H23NO3/c1-15(2,16)9-8-13(17)12-6-4-5-7-14(12)19-11-10-18-3/h4-7H,8-11,16H2,1-3H3. The number of rotatable bonds is 8. The van der Waals surface area contributed by atoms with Crippen LogP contribution in [0.4, 0.5) is 0 Å². The summed E-state index contributed by atoms with van der Waals surface area (Å²) in [6, 6.07) is 7.28. The van der Waals surface area contributed by atoms with E-state index in [0.717, 1.165) is 0 Å². The van der Waals surface area contributed by atoms with E-state index in [1.54, 1.807) is 19.2 Å². The minimum absolute atomic E-state index is 0.0616. The molecule has 0 heterocycles. The molecule has 0 aliphatic carbocycles. The van der Waals surface area contributed by atoms with Crippen LogP contribution in [-0.2, 0) is 4.74 Å². The molecule has 1 rings (SSSR count). The van der Waals surface area contributed by atoms with Gasteiger partial charge in [-0.15, -0.1) is 0 Å². The van der Waals surface area contributed by atoms with Crippen molar-refractivity contribution in [1.82, 2.24) is 0 Å². The second-order valence-corrected chi connectivity index (χ2v) is 5.25. The molecule has 0 atom stereocenters. The van der Waals surface area contributed by atoms with Gasteiger partial charge in [0.1, 0.15) is 12.4 Å². The van der Waals surface area contributed by atoms with E-state index < -0.39 is 0 Å². The Labute approximate surface area is 114 Å². The Morgan fingerprint density at radius 3 is 2.58 bits per heavy atom. The molecule has 0 radical (unpaired) electrons. The fourth-order valence-electron chi connectivity index (χ4n) is 1.63. The first-order valence-electron chi connectivity index (χ1n) is 6.47. The summed E-state index contributed by atoms with van der Waals surface area (Å²) in [6.45, 7) is 4.77. The highest BCUT2D eigenvalue weighted by molar-refractivity contribution is 5.98. The molecule has 0 saturated heterocycles. The summed E-state index contributed by atoms with van der Waals surface area (Å²) in [6.07, 6.45) is 1.08. The molecular formula is C15H23NO3. The molecule has 1 aromatic rings. The third kappa shape index (κ3) is 5.85. The zero-order chi connectivity index (χ0) is 14.3. The predicted molar refractivity (Wildman–Crippen MR) is 75.6 cm³/mol. The predicted octanol–water partition coefficient (Wildman–Crippen LogP) is 2.41. The Morgan fingerprint density at radius 2 is 1.95 bits per heavy atom. The molecule has 0 amide bonds. The third-order valence-electron chi connectivity index (χ3n) is 2.73. The number of benzene rings is 1. The van der Waals surface area contributed by atoms with Crippen LogP contribution < -0.4 is 10.5 Å². The summed E-state index contributed by atoms with van der Waals surface area (Å²) >= 11 is 0. The number of para-hydroxylation sites is 1. The lowest BCUT2D eigenvalue weighted by Crippen LogP contribution is -2.32. The zero-order valence-electron chi connectivity index (χ0n) is 11.9. The molecule has 0 aliphatic rings. The number of hydrogen-bond donors (Lipinski definition) is 1. The molecule has 1 aromatic carbocycles. The van der Waals surface area contributed by atoms with E-state index in [0.29, 0.717) is 37.4 Å². The van der Waals surface area contributed by atoms with Crippen molar-refractivity contribution in [2.24, 2.45) is 5.73 Å². The van der Waals surface area contributed by atoms with Gasteiger partial charge in [0.05, 0.1) is 12.2 Å². The van der Waals surface area contributed by atoms with Crippen molar-refractivity contribution in [2.45, 2.75) is 32.2 Å². The van der Waals surface area contributed by atoms with Crippen LogP contribution in [0.2, 0.25) is 0 Å². The first-order valence-corrected chi connectivity index (χ1v) is 6.47. The Hall–Kier alpha value is -1.39. The number of ether oxygens (including phenoxy) is 2. The van der Waals surface area contributed by atoms with E-state index in [9.17, 15) is 4.79 Å². The smallest absolute Gasteiger partial charge is 0.166 e. The van der Waals surface area contributed by atoms with E-state index in [1.165, 1.54) is 0 Å². The lowest BCUT2D eigenvalue weighted by Gasteiger charge is -2.18. The van der Waals surface area contributed by atoms with E-state index in [1.807, 2.05) is 26.0 Å². The average Bonchev–Trinajstić information content (AvgIpc) is 2.36. The summed E-state index contributed by atoms with van der Waals surface area (Å²) < 4.78 is 10.5. The molecule has 0 aliphatic heterocycles. The van der Waals surface area contributed by atoms with Gasteiger partial charge in [0.25, 0.3) is 0 Å². The highest BCUT2D eigenvalue weighted by Gasteiger charge is 2.17. The van der Waals surface area contributed by atoms with Gasteiger partial charge in [-0.2, -0.15) is 0 Å². The van der Waals surface area contributed by atoms with Crippen molar-refractivity contribution in [1.29, 1.82) is 0 Å². The Kier molecular flexibility index (Phi) is 5.99. The summed E-state index contributed by atoms with van der Waals surface area (Å²) in [4.78, 5) is 12.2. The summed E-state index contributed by atoms with van der Waals surface area (Å²) in [5.41, 5.74) is 6.18. The molecule has 0 fully saturated rings. The number of ketones is 1. The molecule has 19 heavy (non-hydrogen) atoms. The summed E-state index contributed by atoms with van der Waals surface area (Å²) in [5.74, 6) is 0.672. The number of nitrogens with two attached hydrogens (primary N) is 1. The van der Waals surface area contributed by atoms with Gasteiger partial charge in [-0.1, -0.05) is 12.1 Å². The second-order valence-electron chi connectivity index (χ2n) is 5.25.